The van der Waals surface area contributed by atoms with Crippen molar-refractivity contribution >= 4 is 11.8 Å². The minimum Gasteiger partial charge on any atom is -0.341 e. The average molecular weight is 378 g/mol. The van der Waals surface area contributed by atoms with Crippen LogP contribution in [0, 0.1) is 17.3 Å². The van der Waals surface area contributed by atoms with Crippen LogP contribution in [0.4, 0.5) is 0 Å². The Balaban J connectivity index is 1.57. The van der Waals surface area contributed by atoms with Crippen molar-refractivity contribution in [3.05, 3.63) is 0 Å². The number of hydrogen-bond acceptors (Lipinski definition) is 3. The molecule has 3 rings (SSSR count). The van der Waals surface area contributed by atoms with Gasteiger partial charge in [-0.2, -0.15) is 0 Å². The molecule has 3 aliphatic heterocycles. The normalized spacial score (nSPS) is 28.6. The Morgan fingerprint density at radius 2 is 1.59 bits per heavy atom. The van der Waals surface area contributed by atoms with E-state index in [0.29, 0.717) is 5.92 Å². The van der Waals surface area contributed by atoms with E-state index in [9.17, 15) is 9.59 Å². The van der Waals surface area contributed by atoms with Crippen LogP contribution in [0.2, 0.25) is 0 Å². The first-order valence-corrected chi connectivity index (χ1v) is 11.1. The van der Waals surface area contributed by atoms with Gasteiger partial charge in [0.15, 0.2) is 0 Å². The maximum Gasteiger partial charge on any atom is 0.245 e. The molecule has 3 fully saturated rings. The van der Waals surface area contributed by atoms with Crippen LogP contribution >= 0.6 is 0 Å². The summed E-state index contributed by atoms with van der Waals surface area (Å²) in [5, 5.41) is 0. The number of piperidine rings is 2. The Labute approximate surface area is 165 Å². The number of carbonyl (C=O) groups excluding carboxylic acids is 2. The third-order valence-corrected chi connectivity index (χ3v) is 6.66. The molecule has 2 atom stereocenters. The van der Waals surface area contributed by atoms with E-state index >= 15 is 0 Å². The molecule has 0 bridgehead atoms. The predicted octanol–water partition coefficient (Wildman–Crippen LogP) is 2.99. The Kier molecular flexibility index (Phi) is 6.50. The van der Waals surface area contributed by atoms with E-state index in [4.69, 9.17) is 0 Å². The van der Waals surface area contributed by atoms with Crippen molar-refractivity contribution in [1.82, 2.24) is 14.7 Å². The Bertz CT molecular complexity index is 534. The highest BCUT2D eigenvalue weighted by Crippen LogP contribution is 2.28. The maximum absolute atomic E-state index is 13.2. The maximum atomic E-state index is 13.2. The monoisotopic (exact) mass is 377 g/mol. The lowest BCUT2D eigenvalue weighted by Crippen LogP contribution is -2.53. The third-order valence-electron chi connectivity index (χ3n) is 6.66. The lowest BCUT2D eigenvalue weighted by molar-refractivity contribution is -0.149. The second-order valence-corrected chi connectivity index (χ2v) is 10.2. The molecule has 3 saturated heterocycles. The Morgan fingerprint density at radius 3 is 2.26 bits per heavy atom. The molecule has 0 N–H and O–H groups in total. The van der Waals surface area contributed by atoms with Crippen molar-refractivity contribution < 1.29 is 9.59 Å². The summed E-state index contributed by atoms with van der Waals surface area (Å²) >= 11 is 0. The summed E-state index contributed by atoms with van der Waals surface area (Å²) in [4.78, 5) is 32.5. The van der Waals surface area contributed by atoms with E-state index in [1.807, 2.05) is 25.7 Å². The molecule has 3 heterocycles. The number of likely N-dealkylation sites (tertiary alicyclic amines) is 3. The molecule has 27 heavy (non-hydrogen) atoms. The van der Waals surface area contributed by atoms with Gasteiger partial charge in [-0.05, 0) is 63.5 Å². The van der Waals surface area contributed by atoms with Crippen LogP contribution in [0.25, 0.3) is 0 Å². The van der Waals surface area contributed by atoms with Gasteiger partial charge in [0.1, 0.15) is 6.04 Å². The SMILES string of the molecule is CC1CCN(C[C@@H]2CCCN(C(=O)[C@H]3CCCN3C(=O)C(C)(C)C)C2)CC1. The van der Waals surface area contributed by atoms with Gasteiger partial charge in [0, 0.05) is 31.6 Å². The lowest BCUT2D eigenvalue weighted by atomic mass is 9.93. The van der Waals surface area contributed by atoms with Crippen LogP contribution in [-0.4, -0.2) is 71.8 Å². The molecule has 154 valence electrons. The molecule has 2 amide bonds. The summed E-state index contributed by atoms with van der Waals surface area (Å²) < 4.78 is 0. The predicted molar refractivity (Wildman–Crippen MR) is 108 cm³/mol. The summed E-state index contributed by atoms with van der Waals surface area (Å²) in [5.74, 6) is 1.76. The molecule has 5 heteroatoms. The Morgan fingerprint density at radius 1 is 0.926 bits per heavy atom. The van der Waals surface area contributed by atoms with Crippen LogP contribution < -0.4 is 0 Å². The van der Waals surface area contributed by atoms with Crippen molar-refractivity contribution in [1.29, 1.82) is 0 Å². The fraction of sp³-hybridized carbons (Fsp3) is 0.909. The zero-order valence-electron chi connectivity index (χ0n) is 17.9. The van der Waals surface area contributed by atoms with Crippen LogP contribution in [0.15, 0.2) is 0 Å². The molecule has 0 radical (unpaired) electrons. The molecule has 3 aliphatic rings. The zero-order valence-corrected chi connectivity index (χ0v) is 17.9. The van der Waals surface area contributed by atoms with Crippen molar-refractivity contribution in [3.63, 3.8) is 0 Å². The van der Waals surface area contributed by atoms with Crippen molar-refractivity contribution in [2.45, 2.75) is 72.3 Å². The van der Waals surface area contributed by atoms with Gasteiger partial charge in [0.25, 0.3) is 0 Å². The minimum absolute atomic E-state index is 0.120. The van der Waals surface area contributed by atoms with Crippen LogP contribution in [0.5, 0.6) is 0 Å². The third kappa shape index (κ3) is 5.04. The molecule has 0 aromatic rings. The average Bonchev–Trinajstić information content (AvgIpc) is 3.11. The van der Waals surface area contributed by atoms with E-state index in [0.717, 1.165) is 51.4 Å². The van der Waals surface area contributed by atoms with Crippen molar-refractivity contribution in [2.24, 2.45) is 17.3 Å². The first-order chi connectivity index (χ1) is 12.8. The van der Waals surface area contributed by atoms with Gasteiger partial charge >= 0.3 is 0 Å². The number of rotatable bonds is 3. The fourth-order valence-corrected chi connectivity index (χ4v) is 4.93. The van der Waals surface area contributed by atoms with E-state index in [1.54, 1.807) is 0 Å². The smallest absolute Gasteiger partial charge is 0.245 e. The molecule has 0 spiro atoms. The summed E-state index contributed by atoms with van der Waals surface area (Å²) in [7, 11) is 0. The summed E-state index contributed by atoms with van der Waals surface area (Å²) in [6.07, 6.45) is 6.71. The van der Waals surface area contributed by atoms with E-state index in [-0.39, 0.29) is 17.9 Å². The van der Waals surface area contributed by atoms with Crippen LogP contribution in [-0.2, 0) is 9.59 Å². The summed E-state index contributed by atoms with van der Waals surface area (Å²) in [5.41, 5.74) is -0.418. The largest absolute Gasteiger partial charge is 0.341 e. The highest BCUT2D eigenvalue weighted by Gasteiger charge is 2.41. The Hall–Kier alpha value is -1.10. The summed E-state index contributed by atoms with van der Waals surface area (Å²) in [6.45, 7) is 14.2. The molecule has 0 unspecified atom stereocenters. The molecular weight excluding hydrogens is 338 g/mol. The van der Waals surface area contributed by atoms with E-state index in [1.165, 1.54) is 32.4 Å². The number of hydrogen-bond donors (Lipinski definition) is 0. The molecular formula is C22H39N3O2. The van der Waals surface area contributed by atoms with Gasteiger partial charge in [-0.3, -0.25) is 9.59 Å². The number of amides is 2. The van der Waals surface area contributed by atoms with Gasteiger partial charge in [-0.25, -0.2) is 0 Å². The summed E-state index contributed by atoms with van der Waals surface area (Å²) in [6, 6.07) is -0.230. The quantitative estimate of drug-likeness (QED) is 0.759. The van der Waals surface area contributed by atoms with Gasteiger partial charge in [-0.15, -0.1) is 0 Å². The molecule has 0 saturated carbocycles. The second kappa shape index (κ2) is 8.50. The van der Waals surface area contributed by atoms with Crippen molar-refractivity contribution in [3.8, 4) is 0 Å². The standard InChI is InChI=1S/C22H39N3O2/c1-17-9-13-23(14-10-17)15-18-7-5-11-24(16-18)20(26)19-8-6-12-25(19)21(27)22(2,3)4/h17-19H,5-16H2,1-4H3/t18-,19+/m0/s1. The number of nitrogens with zero attached hydrogens (tertiary/aromatic N) is 3. The highest BCUT2D eigenvalue weighted by atomic mass is 16.2. The molecule has 0 aromatic carbocycles. The van der Waals surface area contributed by atoms with Gasteiger partial charge in [-0.1, -0.05) is 27.7 Å². The topological polar surface area (TPSA) is 43.9 Å². The highest BCUT2D eigenvalue weighted by molar-refractivity contribution is 5.90. The first-order valence-electron chi connectivity index (χ1n) is 11.1. The first kappa shape index (κ1) is 20.6. The molecule has 5 nitrogen and oxygen atoms in total. The molecule has 0 aromatic heterocycles. The van der Waals surface area contributed by atoms with Gasteiger partial charge in [0.2, 0.25) is 11.8 Å². The van der Waals surface area contributed by atoms with Gasteiger partial charge in [0.05, 0.1) is 0 Å². The zero-order chi connectivity index (χ0) is 19.6. The van der Waals surface area contributed by atoms with Crippen LogP contribution in [0.1, 0.15) is 66.2 Å². The number of carbonyl (C=O) groups is 2. The lowest BCUT2D eigenvalue weighted by Gasteiger charge is -2.40. The van der Waals surface area contributed by atoms with Crippen molar-refractivity contribution in [2.75, 3.05) is 39.3 Å². The fourth-order valence-electron chi connectivity index (χ4n) is 4.93. The van der Waals surface area contributed by atoms with E-state index < -0.39 is 5.41 Å². The molecule has 0 aliphatic carbocycles. The van der Waals surface area contributed by atoms with Gasteiger partial charge < -0.3 is 14.7 Å². The second-order valence-electron chi connectivity index (χ2n) is 10.2. The minimum atomic E-state index is -0.418. The van der Waals surface area contributed by atoms with E-state index in [2.05, 4.69) is 16.7 Å². The van der Waals surface area contributed by atoms with Crippen LogP contribution in [0.3, 0.4) is 0 Å².